The predicted octanol–water partition coefficient (Wildman–Crippen LogP) is 2.86. The summed E-state index contributed by atoms with van der Waals surface area (Å²) in [7, 11) is 0. The zero-order chi connectivity index (χ0) is 14.2. The van der Waals surface area contributed by atoms with E-state index in [1.807, 2.05) is 6.07 Å². The SMILES string of the molecule is Cl.O=C(C1CNC1)N1CCCCC1c1cc2ccccc2[nH]1. The van der Waals surface area contributed by atoms with Gasteiger partial charge in [0.1, 0.15) is 0 Å². The fourth-order valence-corrected chi connectivity index (χ4v) is 3.49. The maximum absolute atomic E-state index is 12.7. The summed E-state index contributed by atoms with van der Waals surface area (Å²) in [4.78, 5) is 18.3. The zero-order valence-electron chi connectivity index (χ0n) is 12.5. The van der Waals surface area contributed by atoms with Crippen LogP contribution in [0, 0.1) is 5.92 Å². The first-order valence-electron chi connectivity index (χ1n) is 7.92. The van der Waals surface area contributed by atoms with Gasteiger partial charge in [-0.2, -0.15) is 0 Å². The summed E-state index contributed by atoms with van der Waals surface area (Å²) in [6, 6.07) is 10.8. The number of likely N-dealkylation sites (tertiary alicyclic amines) is 1. The van der Waals surface area contributed by atoms with Gasteiger partial charge in [0.15, 0.2) is 0 Å². The van der Waals surface area contributed by atoms with Crippen LogP contribution in [0.5, 0.6) is 0 Å². The Morgan fingerprint density at radius 2 is 2.00 bits per heavy atom. The second-order valence-electron chi connectivity index (χ2n) is 6.21. The van der Waals surface area contributed by atoms with Crippen LogP contribution in [0.2, 0.25) is 0 Å². The number of rotatable bonds is 2. The van der Waals surface area contributed by atoms with Crippen LogP contribution in [-0.2, 0) is 4.79 Å². The van der Waals surface area contributed by atoms with Crippen molar-refractivity contribution >= 4 is 29.2 Å². The molecule has 2 saturated heterocycles. The minimum Gasteiger partial charge on any atom is -0.357 e. The second kappa shape index (κ2) is 6.31. The van der Waals surface area contributed by atoms with Crippen LogP contribution in [0.4, 0.5) is 0 Å². The van der Waals surface area contributed by atoms with Crippen LogP contribution in [-0.4, -0.2) is 35.4 Å². The number of aromatic amines is 1. The third-order valence-electron chi connectivity index (χ3n) is 4.83. The number of benzene rings is 1. The van der Waals surface area contributed by atoms with Gasteiger partial charge in [0.05, 0.1) is 12.0 Å². The summed E-state index contributed by atoms with van der Waals surface area (Å²) in [5.41, 5.74) is 2.35. The quantitative estimate of drug-likeness (QED) is 0.894. The lowest BCUT2D eigenvalue weighted by molar-refractivity contribution is -0.141. The van der Waals surface area contributed by atoms with Crippen molar-refractivity contribution in [3.05, 3.63) is 36.0 Å². The molecule has 1 unspecified atom stereocenters. The molecule has 2 aromatic rings. The molecule has 1 atom stereocenters. The van der Waals surface area contributed by atoms with Crippen molar-refractivity contribution in [3.63, 3.8) is 0 Å². The number of para-hydroxylation sites is 1. The second-order valence-corrected chi connectivity index (χ2v) is 6.21. The minimum atomic E-state index is 0. The molecule has 22 heavy (non-hydrogen) atoms. The molecule has 4 rings (SSSR count). The Balaban J connectivity index is 0.00000144. The molecule has 0 saturated carbocycles. The van der Waals surface area contributed by atoms with E-state index >= 15 is 0 Å². The van der Waals surface area contributed by atoms with Crippen molar-refractivity contribution in [2.75, 3.05) is 19.6 Å². The van der Waals surface area contributed by atoms with E-state index in [2.05, 4.69) is 39.5 Å². The molecule has 2 aliphatic rings. The van der Waals surface area contributed by atoms with Crippen LogP contribution in [0.3, 0.4) is 0 Å². The molecule has 0 aliphatic carbocycles. The van der Waals surface area contributed by atoms with Crippen molar-refractivity contribution in [1.29, 1.82) is 0 Å². The van der Waals surface area contributed by atoms with E-state index in [9.17, 15) is 4.79 Å². The Hall–Kier alpha value is -1.52. The number of aromatic nitrogens is 1. The van der Waals surface area contributed by atoms with E-state index in [4.69, 9.17) is 0 Å². The minimum absolute atomic E-state index is 0. The Labute approximate surface area is 136 Å². The Kier molecular flexibility index (Phi) is 4.41. The lowest BCUT2D eigenvalue weighted by atomic mass is 9.94. The highest BCUT2D eigenvalue weighted by atomic mass is 35.5. The fraction of sp³-hybridized carbons (Fsp3) is 0.471. The first-order chi connectivity index (χ1) is 10.3. The van der Waals surface area contributed by atoms with Crippen LogP contribution < -0.4 is 5.32 Å². The lowest BCUT2D eigenvalue weighted by Gasteiger charge is -2.39. The van der Waals surface area contributed by atoms with Gasteiger partial charge in [0, 0.05) is 30.8 Å². The summed E-state index contributed by atoms with van der Waals surface area (Å²) in [6.45, 7) is 2.58. The summed E-state index contributed by atoms with van der Waals surface area (Å²) in [6.07, 6.45) is 3.40. The molecule has 5 heteroatoms. The highest BCUT2D eigenvalue weighted by molar-refractivity contribution is 5.85. The van der Waals surface area contributed by atoms with Gasteiger partial charge < -0.3 is 15.2 Å². The molecule has 0 radical (unpaired) electrons. The lowest BCUT2D eigenvalue weighted by Crippen LogP contribution is -2.53. The average molecular weight is 320 g/mol. The van der Waals surface area contributed by atoms with Gasteiger partial charge in [-0.3, -0.25) is 4.79 Å². The van der Waals surface area contributed by atoms with Gasteiger partial charge in [0.2, 0.25) is 5.91 Å². The number of halogens is 1. The normalized spacial score (nSPS) is 22.2. The highest BCUT2D eigenvalue weighted by Crippen LogP contribution is 2.33. The van der Waals surface area contributed by atoms with Crippen molar-refractivity contribution in [2.45, 2.75) is 25.3 Å². The van der Waals surface area contributed by atoms with E-state index in [-0.39, 0.29) is 24.4 Å². The highest BCUT2D eigenvalue weighted by Gasteiger charge is 2.35. The third kappa shape index (κ3) is 2.61. The molecule has 1 aromatic heterocycles. The van der Waals surface area contributed by atoms with Gasteiger partial charge in [-0.15, -0.1) is 12.4 Å². The summed E-state index contributed by atoms with van der Waals surface area (Å²) in [5.74, 6) is 0.520. The van der Waals surface area contributed by atoms with E-state index in [1.54, 1.807) is 0 Å². The van der Waals surface area contributed by atoms with Crippen molar-refractivity contribution < 1.29 is 4.79 Å². The number of nitrogens with zero attached hydrogens (tertiary/aromatic N) is 1. The molecule has 0 bridgehead atoms. The number of amides is 1. The molecular weight excluding hydrogens is 298 g/mol. The van der Waals surface area contributed by atoms with Gasteiger partial charge in [-0.1, -0.05) is 18.2 Å². The molecule has 4 nitrogen and oxygen atoms in total. The predicted molar refractivity (Wildman–Crippen MR) is 90.2 cm³/mol. The maximum atomic E-state index is 12.7. The molecule has 1 amide bonds. The smallest absolute Gasteiger partial charge is 0.228 e. The standard InChI is InChI=1S/C17H21N3O.ClH/c21-17(13-10-18-11-13)20-8-4-3-7-16(20)15-9-12-5-1-2-6-14(12)19-15;/h1-2,5-6,9,13,16,18-19H,3-4,7-8,10-11H2;1H. The Bertz CT molecular complexity index is 632. The largest absolute Gasteiger partial charge is 0.357 e. The van der Waals surface area contributed by atoms with E-state index < -0.39 is 0 Å². The molecule has 0 spiro atoms. The molecule has 2 aliphatic heterocycles. The van der Waals surface area contributed by atoms with Crippen LogP contribution in [0.1, 0.15) is 31.0 Å². The molecule has 2 fully saturated rings. The number of nitrogens with one attached hydrogen (secondary N) is 2. The van der Waals surface area contributed by atoms with Crippen molar-refractivity contribution in [2.24, 2.45) is 5.92 Å². The third-order valence-corrected chi connectivity index (χ3v) is 4.83. The van der Waals surface area contributed by atoms with Gasteiger partial charge in [-0.25, -0.2) is 0 Å². The molecule has 118 valence electrons. The number of piperidine rings is 1. The van der Waals surface area contributed by atoms with Crippen LogP contribution in [0.25, 0.3) is 10.9 Å². The molecular formula is C17H22ClN3O. The average Bonchev–Trinajstić information content (AvgIpc) is 2.89. The van der Waals surface area contributed by atoms with Crippen LogP contribution in [0.15, 0.2) is 30.3 Å². The van der Waals surface area contributed by atoms with Gasteiger partial charge >= 0.3 is 0 Å². The maximum Gasteiger partial charge on any atom is 0.228 e. The topological polar surface area (TPSA) is 48.1 Å². The number of carbonyl (C=O) groups is 1. The zero-order valence-corrected chi connectivity index (χ0v) is 13.4. The van der Waals surface area contributed by atoms with Crippen LogP contribution >= 0.6 is 12.4 Å². The fourth-order valence-electron chi connectivity index (χ4n) is 3.49. The summed E-state index contributed by atoms with van der Waals surface area (Å²) in [5, 5.41) is 4.43. The van der Waals surface area contributed by atoms with Crippen molar-refractivity contribution in [1.82, 2.24) is 15.2 Å². The number of fused-ring (bicyclic) bond motifs is 1. The first kappa shape index (κ1) is 15.4. The van der Waals surface area contributed by atoms with E-state index in [0.29, 0.717) is 5.91 Å². The van der Waals surface area contributed by atoms with Gasteiger partial charge in [0.25, 0.3) is 0 Å². The van der Waals surface area contributed by atoms with Crippen molar-refractivity contribution in [3.8, 4) is 0 Å². The number of hydrogen-bond acceptors (Lipinski definition) is 2. The molecule has 3 heterocycles. The molecule has 1 aromatic carbocycles. The Morgan fingerprint density at radius 3 is 2.73 bits per heavy atom. The summed E-state index contributed by atoms with van der Waals surface area (Å²) >= 11 is 0. The van der Waals surface area contributed by atoms with Gasteiger partial charge in [-0.05, 0) is 36.8 Å². The van der Waals surface area contributed by atoms with E-state index in [1.165, 1.54) is 17.5 Å². The molecule has 2 N–H and O–H groups in total. The summed E-state index contributed by atoms with van der Waals surface area (Å²) < 4.78 is 0. The number of hydrogen-bond donors (Lipinski definition) is 2. The first-order valence-corrected chi connectivity index (χ1v) is 7.92. The van der Waals surface area contributed by atoms with E-state index in [0.717, 1.165) is 38.0 Å². The number of carbonyl (C=O) groups excluding carboxylic acids is 1. The Morgan fingerprint density at radius 1 is 1.18 bits per heavy atom. The monoisotopic (exact) mass is 319 g/mol. The number of H-pyrrole nitrogens is 1.